The summed E-state index contributed by atoms with van der Waals surface area (Å²) in [4.78, 5) is 3.06. The molecule has 1 aromatic heterocycles. The van der Waals surface area contributed by atoms with Gasteiger partial charge in [0.25, 0.3) is 0 Å². The summed E-state index contributed by atoms with van der Waals surface area (Å²) in [5, 5.41) is 13.0. The number of aromatic nitrogens is 1. The Morgan fingerprint density at radius 1 is 1.35 bits per heavy atom. The molecule has 0 amide bonds. The number of hydrogen-bond acceptors (Lipinski definition) is 2. The molecule has 1 aromatic carbocycles. The normalized spacial score (nSPS) is 18.5. The topological polar surface area (TPSA) is 51.6 Å². The molecule has 1 aliphatic heterocycles. The molecular weight excluding hydrogens is 210 g/mol. The van der Waals surface area contributed by atoms with Gasteiger partial charge in [0.15, 0.2) is 0 Å². The molecule has 1 saturated heterocycles. The summed E-state index contributed by atoms with van der Waals surface area (Å²) >= 11 is 0. The average molecular weight is 227 g/mol. The minimum atomic E-state index is 0.706. The van der Waals surface area contributed by atoms with Crippen LogP contribution in [0, 0.1) is 11.3 Å². The lowest BCUT2D eigenvalue weighted by atomic mass is 10.2. The van der Waals surface area contributed by atoms with Gasteiger partial charge in [-0.1, -0.05) is 0 Å². The molecule has 88 valence electrons. The Bertz CT molecular complexity index is 515. The van der Waals surface area contributed by atoms with Crippen LogP contribution >= 0.6 is 0 Å². The molecule has 1 fully saturated rings. The summed E-state index contributed by atoms with van der Waals surface area (Å²) < 4.78 is 0. The first-order valence-corrected chi connectivity index (χ1v) is 6.00. The molecule has 2 N–H and O–H groups in total. The fourth-order valence-electron chi connectivity index (χ4n) is 1.98. The smallest absolute Gasteiger partial charge is 0.0991 e. The van der Waals surface area contributed by atoms with Gasteiger partial charge >= 0.3 is 0 Å². The summed E-state index contributed by atoms with van der Waals surface area (Å²) in [5.74, 6) is 0. The molecule has 0 spiro atoms. The van der Waals surface area contributed by atoms with E-state index in [1.54, 1.807) is 6.07 Å². The van der Waals surface area contributed by atoms with Gasteiger partial charge in [-0.15, -0.1) is 0 Å². The molecule has 17 heavy (non-hydrogen) atoms. The first-order chi connectivity index (χ1) is 8.29. The van der Waals surface area contributed by atoms with Crippen molar-refractivity contribution < 1.29 is 0 Å². The number of nitrogens with one attached hydrogen (secondary N) is 2. The fourth-order valence-corrected chi connectivity index (χ4v) is 1.98. The van der Waals surface area contributed by atoms with Gasteiger partial charge in [-0.05, 0) is 50.6 Å². The number of H-pyrrole nitrogens is 1. The van der Waals surface area contributed by atoms with Crippen molar-refractivity contribution in [3.05, 3.63) is 36.0 Å². The van der Waals surface area contributed by atoms with E-state index in [9.17, 15) is 0 Å². The lowest BCUT2D eigenvalue weighted by Gasteiger charge is -1.95. The zero-order chi connectivity index (χ0) is 12.1. The standard InChI is InChI=1S/C9H6N2.C5H11N/c10-6-7-1-2-9-8(5-7)3-4-11-9;1-5-3-2-4-6-5/h1-5,11H;5-6H,2-4H2,1H3. The van der Waals surface area contributed by atoms with Crippen LogP contribution in [0.5, 0.6) is 0 Å². The monoisotopic (exact) mass is 227 g/mol. The maximum atomic E-state index is 8.57. The van der Waals surface area contributed by atoms with Gasteiger partial charge in [0.2, 0.25) is 0 Å². The molecule has 3 nitrogen and oxygen atoms in total. The highest BCUT2D eigenvalue weighted by molar-refractivity contribution is 5.80. The maximum absolute atomic E-state index is 8.57. The quantitative estimate of drug-likeness (QED) is 0.727. The number of benzene rings is 1. The van der Waals surface area contributed by atoms with Crippen LogP contribution in [0.25, 0.3) is 10.9 Å². The van der Waals surface area contributed by atoms with Gasteiger partial charge in [0.05, 0.1) is 11.6 Å². The second-order valence-electron chi connectivity index (χ2n) is 4.39. The number of hydrogen-bond donors (Lipinski definition) is 2. The molecule has 3 rings (SSSR count). The van der Waals surface area contributed by atoms with Crippen molar-refractivity contribution in [1.82, 2.24) is 10.3 Å². The van der Waals surface area contributed by atoms with E-state index in [0.29, 0.717) is 5.56 Å². The number of fused-ring (bicyclic) bond motifs is 1. The van der Waals surface area contributed by atoms with Crippen molar-refractivity contribution in [1.29, 1.82) is 5.26 Å². The zero-order valence-corrected chi connectivity index (χ0v) is 10.0. The Hall–Kier alpha value is -1.79. The van der Waals surface area contributed by atoms with Crippen LogP contribution in [0.1, 0.15) is 25.3 Å². The van der Waals surface area contributed by atoms with Crippen LogP contribution in [-0.2, 0) is 0 Å². The molecule has 1 aliphatic rings. The highest BCUT2D eigenvalue weighted by Gasteiger charge is 2.05. The predicted molar refractivity (Wildman–Crippen MR) is 69.7 cm³/mol. The first-order valence-electron chi connectivity index (χ1n) is 6.00. The lowest BCUT2D eigenvalue weighted by molar-refractivity contribution is 0.664. The van der Waals surface area contributed by atoms with E-state index in [2.05, 4.69) is 23.3 Å². The molecule has 2 heterocycles. The summed E-state index contributed by atoms with van der Waals surface area (Å²) in [7, 11) is 0. The van der Waals surface area contributed by atoms with E-state index >= 15 is 0 Å². The van der Waals surface area contributed by atoms with Crippen molar-refractivity contribution >= 4 is 10.9 Å². The van der Waals surface area contributed by atoms with Gasteiger partial charge in [0, 0.05) is 23.1 Å². The third-order valence-electron chi connectivity index (χ3n) is 2.99. The van der Waals surface area contributed by atoms with Crippen molar-refractivity contribution in [3.63, 3.8) is 0 Å². The van der Waals surface area contributed by atoms with E-state index in [1.807, 2.05) is 24.4 Å². The van der Waals surface area contributed by atoms with E-state index in [4.69, 9.17) is 5.26 Å². The molecule has 0 aliphatic carbocycles. The summed E-state index contributed by atoms with van der Waals surface area (Å²) in [6, 6.07) is 10.4. The largest absolute Gasteiger partial charge is 0.361 e. The molecule has 0 saturated carbocycles. The Balaban J connectivity index is 0.000000153. The molecule has 0 bridgehead atoms. The summed E-state index contributed by atoms with van der Waals surface area (Å²) in [5.41, 5.74) is 1.78. The van der Waals surface area contributed by atoms with Gasteiger partial charge in [-0.2, -0.15) is 5.26 Å². The lowest BCUT2D eigenvalue weighted by Crippen LogP contribution is -2.16. The molecular formula is C14H17N3. The van der Waals surface area contributed by atoms with Crippen LogP contribution in [0.4, 0.5) is 0 Å². The van der Waals surface area contributed by atoms with Crippen LogP contribution in [0.3, 0.4) is 0 Å². The second-order valence-corrected chi connectivity index (χ2v) is 4.39. The SMILES string of the molecule is CC1CCCN1.N#Cc1ccc2[nH]ccc2c1. The number of aromatic amines is 1. The summed E-state index contributed by atoms with van der Waals surface area (Å²) in [6.45, 7) is 3.47. The highest BCUT2D eigenvalue weighted by Crippen LogP contribution is 2.12. The Labute approximate surface area is 101 Å². The van der Waals surface area contributed by atoms with E-state index in [0.717, 1.165) is 16.9 Å². The zero-order valence-electron chi connectivity index (χ0n) is 10.0. The average Bonchev–Trinajstić information content (AvgIpc) is 2.99. The number of nitrogens with zero attached hydrogens (tertiary/aromatic N) is 1. The van der Waals surface area contributed by atoms with Crippen molar-refractivity contribution in [2.75, 3.05) is 6.54 Å². The van der Waals surface area contributed by atoms with Crippen LogP contribution in [0.2, 0.25) is 0 Å². The van der Waals surface area contributed by atoms with Crippen LogP contribution in [0.15, 0.2) is 30.5 Å². The van der Waals surface area contributed by atoms with E-state index in [1.165, 1.54) is 19.4 Å². The summed E-state index contributed by atoms with van der Waals surface area (Å²) in [6.07, 6.45) is 4.62. The van der Waals surface area contributed by atoms with Crippen LogP contribution < -0.4 is 5.32 Å². The maximum Gasteiger partial charge on any atom is 0.0991 e. The molecule has 1 atom stereocenters. The second kappa shape index (κ2) is 5.51. The Morgan fingerprint density at radius 3 is 2.82 bits per heavy atom. The molecule has 2 aromatic rings. The fraction of sp³-hybridized carbons (Fsp3) is 0.357. The molecule has 1 unspecified atom stereocenters. The van der Waals surface area contributed by atoms with Crippen molar-refractivity contribution in [2.24, 2.45) is 0 Å². The minimum absolute atomic E-state index is 0.706. The minimum Gasteiger partial charge on any atom is -0.361 e. The Morgan fingerprint density at radius 2 is 2.24 bits per heavy atom. The van der Waals surface area contributed by atoms with Gasteiger partial charge in [-0.25, -0.2) is 0 Å². The van der Waals surface area contributed by atoms with Crippen molar-refractivity contribution in [2.45, 2.75) is 25.8 Å². The van der Waals surface area contributed by atoms with Gasteiger partial charge in [-0.3, -0.25) is 0 Å². The third kappa shape index (κ3) is 3.08. The van der Waals surface area contributed by atoms with Crippen molar-refractivity contribution in [3.8, 4) is 6.07 Å². The molecule has 0 radical (unpaired) electrons. The van der Waals surface area contributed by atoms with Gasteiger partial charge in [0.1, 0.15) is 0 Å². The van der Waals surface area contributed by atoms with Gasteiger partial charge < -0.3 is 10.3 Å². The van der Waals surface area contributed by atoms with Crippen LogP contribution in [-0.4, -0.2) is 17.6 Å². The Kier molecular flexibility index (Phi) is 3.79. The molecule has 3 heteroatoms. The number of nitriles is 1. The predicted octanol–water partition coefficient (Wildman–Crippen LogP) is 2.80. The number of rotatable bonds is 0. The third-order valence-corrected chi connectivity index (χ3v) is 2.99. The first kappa shape index (κ1) is 11.7. The van der Waals surface area contributed by atoms with E-state index < -0.39 is 0 Å². The highest BCUT2D eigenvalue weighted by atomic mass is 14.9. The van der Waals surface area contributed by atoms with E-state index in [-0.39, 0.29) is 0 Å².